The van der Waals surface area contributed by atoms with E-state index in [0.29, 0.717) is 0 Å². The Kier molecular flexibility index (Phi) is 10.1. The Bertz CT molecular complexity index is 2690. The van der Waals surface area contributed by atoms with Gasteiger partial charge in [-0.05, 0) is 69.8 Å². The van der Waals surface area contributed by atoms with Gasteiger partial charge in [0.15, 0.2) is 0 Å². The van der Waals surface area contributed by atoms with E-state index in [9.17, 15) is 0 Å². The zero-order valence-electron chi connectivity index (χ0n) is 33.3. The Balaban J connectivity index is 0.00000455. The number of benzene rings is 6. The van der Waals surface area contributed by atoms with E-state index in [4.69, 9.17) is 4.98 Å². The van der Waals surface area contributed by atoms with Crippen molar-refractivity contribution in [1.82, 2.24) is 9.55 Å². The number of hydrogen-bond acceptors (Lipinski definition) is 4. The van der Waals surface area contributed by atoms with Crippen molar-refractivity contribution in [1.29, 1.82) is 0 Å². The molecule has 9 rings (SSSR count). The number of hydrogen-bond donors (Lipinski definition) is 0. The molecule has 0 aliphatic carbocycles. The monoisotopic (exact) mass is 923 g/mol. The van der Waals surface area contributed by atoms with Gasteiger partial charge in [-0.1, -0.05) is 137 Å². The van der Waals surface area contributed by atoms with E-state index in [1.165, 1.54) is 27.8 Å². The Morgan fingerprint density at radius 3 is 2.02 bits per heavy atom. The molecule has 0 unspecified atom stereocenters. The predicted molar refractivity (Wildman–Crippen MR) is 234 cm³/mol. The van der Waals surface area contributed by atoms with Gasteiger partial charge in [0, 0.05) is 56.4 Å². The molecule has 6 heteroatoms. The Morgan fingerprint density at radius 2 is 1.28 bits per heavy atom. The normalized spacial score (nSPS) is 12.9. The van der Waals surface area contributed by atoms with Gasteiger partial charge in [-0.2, -0.15) is 12.7 Å². The maximum atomic E-state index is 4.94. The van der Waals surface area contributed by atoms with Crippen LogP contribution in [0.2, 0.25) is 0 Å². The summed E-state index contributed by atoms with van der Waals surface area (Å²) in [5.74, 6) is 0.884. The third-order valence-corrected chi connectivity index (χ3v) is 10.8. The van der Waals surface area contributed by atoms with Crippen LogP contribution in [-0.4, -0.2) is 9.55 Å². The first-order chi connectivity index (χ1) is 27.0. The minimum Gasteiger partial charge on any atom is -0.498 e. The first kappa shape index (κ1) is 38.2. The molecule has 57 heavy (non-hydrogen) atoms. The summed E-state index contributed by atoms with van der Waals surface area (Å²) in [7, 11) is 0. The summed E-state index contributed by atoms with van der Waals surface area (Å²) < 4.78 is 2.27. The van der Waals surface area contributed by atoms with Crippen molar-refractivity contribution in [2.75, 3.05) is 14.7 Å². The fraction of sp³-hybridized carbons (Fsp3) is 0.176. The summed E-state index contributed by atoms with van der Waals surface area (Å²) in [6.07, 6.45) is 1.93. The van der Waals surface area contributed by atoms with Gasteiger partial charge in [0.25, 0.3) is 0 Å². The molecule has 6 aromatic carbocycles. The van der Waals surface area contributed by atoms with E-state index in [1.54, 1.807) is 0 Å². The number of pyridine rings is 1. The van der Waals surface area contributed by atoms with Crippen LogP contribution in [0.4, 0.5) is 34.1 Å². The van der Waals surface area contributed by atoms with Gasteiger partial charge in [0.05, 0.1) is 0 Å². The molecular formula is C51H46N5Pt-3. The van der Waals surface area contributed by atoms with Crippen LogP contribution < -0.4 is 14.7 Å². The molecule has 8 aromatic rings. The standard InChI is InChI=1S/C51H46N5.Pt/c1-50(2,3)37-27-28-52-49(31-37)56-45-22-14-13-21-43(45)44-26-25-40(33-48(44)56)55(39-19-11-8-12-20-39)42-30-38(51(4,5)6)29-41(32-42)54-35-53(34-36-17-9-7-10-18-36)46-23-15-16-24-47(46)54;/h7-31,35H,34H2,1-6H3;/q-3;. The van der Waals surface area contributed by atoms with Gasteiger partial charge in [-0.25, -0.2) is 4.98 Å². The van der Waals surface area contributed by atoms with Crippen LogP contribution in [0.5, 0.6) is 0 Å². The summed E-state index contributed by atoms with van der Waals surface area (Å²) in [5.41, 5.74) is 11.8. The molecule has 0 atom stereocenters. The summed E-state index contributed by atoms with van der Waals surface area (Å²) in [4.78, 5) is 11.9. The number of rotatable bonds is 7. The Hall–Kier alpha value is -5.64. The smallest absolute Gasteiger partial charge is 0.135 e. The third-order valence-electron chi connectivity index (χ3n) is 10.8. The van der Waals surface area contributed by atoms with Gasteiger partial charge in [0.2, 0.25) is 0 Å². The quantitative estimate of drug-likeness (QED) is 0.149. The maximum Gasteiger partial charge on any atom is 0.135 e. The molecule has 2 aromatic heterocycles. The molecule has 1 aliphatic heterocycles. The Morgan fingerprint density at radius 1 is 0.614 bits per heavy atom. The summed E-state index contributed by atoms with van der Waals surface area (Å²) in [6.45, 7) is 16.6. The van der Waals surface area contributed by atoms with Crippen LogP contribution in [0.3, 0.4) is 0 Å². The van der Waals surface area contributed by atoms with Gasteiger partial charge in [-0.3, -0.25) is 0 Å². The number of para-hydroxylation sites is 4. The molecule has 0 radical (unpaired) electrons. The van der Waals surface area contributed by atoms with Crippen molar-refractivity contribution in [2.45, 2.75) is 58.9 Å². The number of aromatic nitrogens is 2. The molecule has 1 aliphatic rings. The van der Waals surface area contributed by atoms with Crippen molar-refractivity contribution in [2.24, 2.45) is 0 Å². The molecular weight excluding hydrogens is 878 g/mol. The molecule has 0 spiro atoms. The number of anilines is 6. The van der Waals surface area contributed by atoms with Crippen LogP contribution >= 0.6 is 0 Å². The minimum absolute atomic E-state index is 0. The molecule has 0 saturated carbocycles. The molecule has 3 heterocycles. The van der Waals surface area contributed by atoms with E-state index in [2.05, 4.69) is 225 Å². The molecule has 288 valence electrons. The molecule has 0 amide bonds. The molecule has 0 bridgehead atoms. The summed E-state index contributed by atoms with van der Waals surface area (Å²) >= 11 is 0. The van der Waals surface area contributed by atoms with E-state index >= 15 is 0 Å². The fourth-order valence-electron chi connectivity index (χ4n) is 7.74. The number of nitrogens with zero attached hydrogens (tertiary/aromatic N) is 5. The van der Waals surface area contributed by atoms with Crippen molar-refractivity contribution in [3.63, 3.8) is 0 Å². The SMILES string of the molecule is CC(C)(C)c1cc(N2[CH-]N(Cc3ccccc3)c3ccccc32)[c-]c(N(c2[c-]c3c(cc2)c2ccccc2n3-c2cc(C(C)(C)C)ccn2)c2ccccc2)c1.[Pt]. The summed E-state index contributed by atoms with van der Waals surface area (Å²) in [5, 5.41) is 2.31. The minimum atomic E-state index is -0.131. The van der Waals surface area contributed by atoms with E-state index in [0.717, 1.165) is 57.2 Å². The van der Waals surface area contributed by atoms with Crippen LogP contribution in [0, 0.1) is 18.8 Å². The first-order valence-corrected chi connectivity index (χ1v) is 19.4. The largest absolute Gasteiger partial charge is 0.498 e. The van der Waals surface area contributed by atoms with E-state index in [-0.39, 0.29) is 31.9 Å². The zero-order chi connectivity index (χ0) is 38.6. The zero-order valence-corrected chi connectivity index (χ0v) is 35.5. The van der Waals surface area contributed by atoms with Crippen LogP contribution in [0.25, 0.3) is 27.6 Å². The van der Waals surface area contributed by atoms with Gasteiger partial charge >= 0.3 is 0 Å². The summed E-state index contributed by atoms with van der Waals surface area (Å²) in [6, 6.07) is 59.7. The molecule has 5 nitrogen and oxygen atoms in total. The van der Waals surface area contributed by atoms with Gasteiger partial charge in [-0.15, -0.1) is 47.0 Å². The second kappa shape index (κ2) is 15.0. The van der Waals surface area contributed by atoms with Crippen LogP contribution in [0.15, 0.2) is 152 Å². The second-order valence-corrected chi connectivity index (χ2v) is 16.8. The maximum absolute atomic E-state index is 4.94. The van der Waals surface area contributed by atoms with Crippen LogP contribution in [0.1, 0.15) is 58.2 Å². The van der Waals surface area contributed by atoms with Crippen molar-refractivity contribution < 1.29 is 21.1 Å². The second-order valence-electron chi connectivity index (χ2n) is 16.8. The van der Waals surface area contributed by atoms with Crippen molar-refractivity contribution in [3.8, 4) is 5.82 Å². The van der Waals surface area contributed by atoms with Crippen molar-refractivity contribution in [3.05, 3.63) is 187 Å². The Labute approximate surface area is 351 Å². The van der Waals surface area contributed by atoms with Crippen LogP contribution in [-0.2, 0) is 38.4 Å². The fourth-order valence-corrected chi connectivity index (χ4v) is 7.74. The van der Waals surface area contributed by atoms with E-state index in [1.807, 2.05) is 6.20 Å². The van der Waals surface area contributed by atoms with Gasteiger partial charge < -0.3 is 19.3 Å². The van der Waals surface area contributed by atoms with Gasteiger partial charge in [0.1, 0.15) is 5.82 Å². The average Bonchev–Trinajstić information content (AvgIpc) is 3.73. The molecule has 0 saturated heterocycles. The topological polar surface area (TPSA) is 27.5 Å². The molecule has 0 fully saturated rings. The predicted octanol–water partition coefficient (Wildman–Crippen LogP) is 13.1. The first-order valence-electron chi connectivity index (χ1n) is 19.4. The average molecular weight is 924 g/mol. The molecule has 0 N–H and O–H groups in total. The van der Waals surface area contributed by atoms with Crippen molar-refractivity contribution >= 4 is 55.9 Å². The number of fused-ring (bicyclic) bond motifs is 4. The van der Waals surface area contributed by atoms with E-state index < -0.39 is 0 Å². The third kappa shape index (κ3) is 7.26.